The van der Waals surface area contributed by atoms with E-state index in [2.05, 4.69) is 0 Å². The summed E-state index contributed by atoms with van der Waals surface area (Å²) in [6.45, 7) is 1.15. The molecular weight excluding hydrogens is 243 g/mol. The fraction of sp³-hybridized carbons (Fsp3) is 1.00. The number of halogens is 4. The van der Waals surface area contributed by atoms with Crippen LogP contribution < -0.4 is 4.72 Å². The first kappa shape index (κ1) is 14.0. The Hall–Kier alpha value is -0.0100. The molecule has 0 spiro atoms. The maximum atomic E-state index is 11.8. The second-order valence-corrected chi connectivity index (χ2v) is 5.10. The van der Waals surface area contributed by atoms with Crippen LogP contribution in [0.3, 0.4) is 0 Å². The standard InChI is InChI=1S/C6H11ClF3NO2S/c1-5(4-6(8,9)10)11-14(12,13)3-2-7/h5,11H,2-4H2,1H3. The predicted octanol–water partition coefficient (Wildman–Crippen LogP) is 1.49. The highest BCUT2D eigenvalue weighted by atomic mass is 35.5. The lowest BCUT2D eigenvalue weighted by atomic mass is 10.2. The Balaban J connectivity index is 4.13. The van der Waals surface area contributed by atoms with Gasteiger partial charge < -0.3 is 0 Å². The zero-order valence-electron chi connectivity index (χ0n) is 7.44. The molecule has 1 unspecified atom stereocenters. The second-order valence-electron chi connectivity index (χ2n) is 2.85. The largest absolute Gasteiger partial charge is 0.390 e. The van der Waals surface area contributed by atoms with E-state index >= 15 is 0 Å². The minimum atomic E-state index is -4.37. The van der Waals surface area contributed by atoms with Gasteiger partial charge in [-0.2, -0.15) is 13.2 Å². The molecule has 0 rings (SSSR count). The van der Waals surface area contributed by atoms with E-state index in [1.807, 2.05) is 4.72 Å². The van der Waals surface area contributed by atoms with E-state index < -0.39 is 28.7 Å². The van der Waals surface area contributed by atoms with Gasteiger partial charge in [-0.25, -0.2) is 13.1 Å². The van der Waals surface area contributed by atoms with E-state index in [0.29, 0.717) is 0 Å². The van der Waals surface area contributed by atoms with Crippen LogP contribution in [0.4, 0.5) is 13.2 Å². The van der Waals surface area contributed by atoms with Gasteiger partial charge in [0.05, 0.1) is 12.2 Å². The van der Waals surface area contributed by atoms with Crippen molar-refractivity contribution >= 4 is 21.6 Å². The van der Waals surface area contributed by atoms with Crippen molar-refractivity contribution in [3.8, 4) is 0 Å². The van der Waals surface area contributed by atoms with Crippen LogP contribution in [0.2, 0.25) is 0 Å². The van der Waals surface area contributed by atoms with E-state index in [1.165, 1.54) is 0 Å². The lowest BCUT2D eigenvalue weighted by Crippen LogP contribution is -2.37. The molecule has 0 fully saturated rings. The van der Waals surface area contributed by atoms with Crippen molar-refractivity contribution in [2.45, 2.75) is 25.6 Å². The Kier molecular flexibility index (Phi) is 5.17. The van der Waals surface area contributed by atoms with Crippen molar-refractivity contribution in [3.63, 3.8) is 0 Å². The summed E-state index contributed by atoms with van der Waals surface area (Å²) in [5.74, 6) is -0.523. The van der Waals surface area contributed by atoms with Crippen molar-refractivity contribution in [2.75, 3.05) is 11.6 Å². The van der Waals surface area contributed by atoms with Crippen LogP contribution in [-0.2, 0) is 10.0 Å². The van der Waals surface area contributed by atoms with Crippen molar-refractivity contribution < 1.29 is 21.6 Å². The Morgan fingerprint density at radius 3 is 2.29 bits per heavy atom. The molecule has 0 amide bonds. The van der Waals surface area contributed by atoms with E-state index in [-0.39, 0.29) is 11.6 Å². The molecule has 0 radical (unpaired) electrons. The summed E-state index contributed by atoms with van der Waals surface area (Å²) in [5.41, 5.74) is 0. The third kappa shape index (κ3) is 7.40. The SMILES string of the molecule is CC(CC(F)(F)F)NS(=O)(=O)CCCl. The van der Waals surface area contributed by atoms with Gasteiger partial charge in [-0.15, -0.1) is 11.6 Å². The molecule has 1 atom stereocenters. The molecule has 0 saturated carbocycles. The normalized spacial score (nSPS) is 15.5. The van der Waals surface area contributed by atoms with Gasteiger partial charge in [0.2, 0.25) is 10.0 Å². The monoisotopic (exact) mass is 253 g/mol. The Bertz CT molecular complexity index is 265. The summed E-state index contributed by atoms with van der Waals surface area (Å²) in [6, 6.07) is -1.16. The smallest absolute Gasteiger partial charge is 0.212 e. The number of nitrogens with one attached hydrogen (secondary N) is 1. The zero-order chi connectivity index (χ0) is 11.4. The molecule has 0 aromatic carbocycles. The Morgan fingerprint density at radius 1 is 1.43 bits per heavy atom. The fourth-order valence-corrected chi connectivity index (χ4v) is 2.48. The molecule has 14 heavy (non-hydrogen) atoms. The predicted molar refractivity (Wildman–Crippen MR) is 47.8 cm³/mol. The molecule has 0 aliphatic rings. The van der Waals surface area contributed by atoms with E-state index in [0.717, 1.165) is 6.92 Å². The van der Waals surface area contributed by atoms with Crippen LogP contribution >= 0.6 is 11.6 Å². The molecule has 8 heteroatoms. The molecule has 0 aromatic heterocycles. The molecule has 0 heterocycles. The highest BCUT2D eigenvalue weighted by Gasteiger charge is 2.31. The maximum Gasteiger partial charge on any atom is 0.390 e. The van der Waals surface area contributed by atoms with Crippen molar-refractivity contribution in [3.05, 3.63) is 0 Å². The molecule has 0 bridgehead atoms. The molecule has 0 saturated heterocycles. The molecular formula is C6H11ClF3NO2S. The Morgan fingerprint density at radius 2 is 1.93 bits per heavy atom. The van der Waals surface area contributed by atoms with Crippen LogP contribution in [0.1, 0.15) is 13.3 Å². The highest BCUT2D eigenvalue weighted by Crippen LogP contribution is 2.21. The third-order valence-electron chi connectivity index (χ3n) is 1.26. The molecule has 86 valence electrons. The number of rotatable bonds is 5. The minimum absolute atomic E-state index is 0.145. The van der Waals surface area contributed by atoms with Crippen LogP contribution in [0.25, 0.3) is 0 Å². The van der Waals surface area contributed by atoms with Gasteiger partial charge in [-0.1, -0.05) is 0 Å². The van der Waals surface area contributed by atoms with Gasteiger partial charge in [-0.3, -0.25) is 0 Å². The summed E-state index contributed by atoms with van der Waals surface area (Å²) < 4.78 is 59.2. The lowest BCUT2D eigenvalue weighted by molar-refractivity contribution is -0.137. The number of hydrogen-bond acceptors (Lipinski definition) is 2. The lowest BCUT2D eigenvalue weighted by Gasteiger charge is -2.15. The molecule has 0 aliphatic heterocycles. The molecule has 1 N–H and O–H groups in total. The molecule has 3 nitrogen and oxygen atoms in total. The van der Waals surface area contributed by atoms with Crippen molar-refractivity contribution in [2.24, 2.45) is 0 Å². The third-order valence-corrected chi connectivity index (χ3v) is 3.18. The van der Waals surface area contributed by atoms with Gasteiger partial charge in [0, 0.05) is 11.9 Å². The van der Waals surface area contributed by atoms with E-state index in [4.69, 9.17) is 11.6 Å². The fourth-order valence-electron chi connectivity index (χ4n) is 0.856. The van der Waals surface area contributed by atoms with Crippen molar-refractivity contribution in [1.29, 1.82) is 0 Å². The summed E-state index contributed by atoms with van der Waals surface area (Å²) in [6.07, 6.45) is -5.56. The number of alkyl halides is 4. The maximum absolute atomic E-state index is 11.8. The highest BCUT2D eigenvalue weighted by molar-refractivity contribution is 7.89. The van der Waals surface area contributed by atoms with Gasteiger partial charge in [0.15, 0.2) is 0 Å². The van der Waals surface area contributed by atoms with Gasteiger partial charge in [-0.05, 0) is 6.92 Å². The first-order chi connectivity index (χ1) is 6.16. The zero-order valence-corrected chi connectivity index (χ0v) is 9.01. The molecule has 0 aliphatic carbocycles. The number of sulfonamides is 1. The summed E-state index contributed by atoms with van der Waals surface area (Å²) in [4.78, 5) is 0. The average Bonchev–Trinajstić information content (AvgIpc) is 1.78. The number of hydrogen-bond donors (Lipinski definition) is 1. The van der Waals surface area contributed by atoms with Gasteiger partial charge in [0.25, 0.3) is 0 Å². The average molecular weight is 254 g/mol. The first-order valence-corrected chi connectivity index (χ1v) is 5.97. The first-order valence-electron chi connectivity index (χ1n) is 3.79. The van der Waals surface area contributed by atoms with Crippen molar-refractivity contribution in [1.82, 2.24) is 4.72 Å². The van der Waals surface area contributed by atoms with Crippen LogP contribution in [0, 0.1) is 0 Å². The van der Waals surface area contributed by atoms with E-state index in [9.17, 15) is 21.6 Å². The Labute approximate surface area is 85.7 Å². The summed E-state index contributed by atoms with van der Waals surface area (Å²) >= 11 is 5.16. The topological polar surface area (TPSA) is 46.2 Å². The second kappa shape index (κ2) is 5.18. The quantitative estimate of drug-likeness (QED) is 0.755. The minimum Gasteiger partial charge on any atom is -0.212 e. The van der Waals surface area contributed by atoms with E-state index in [1.54, 1.807) is 0 Å². The summed E-state index contributed by atoms with van der Waals surface area (Å²) in [5, 5.41) is 0. The van der Waals surface area contributed by atoms with Crippen LogP contribution in [0.15, 0.2) is 0 Å². The van der Waals surface area contributed by atoms with Crippen LogP contribution in [-0.4, -0.2) is 32.3 Å². The summed E-state index contributed by atoms with van der Waals surface area (Å²) in [7, 11) is -3.69. The van der Waals surface area contributed by atoms with Crippen LogP contribution in [0.5, 0.6) is 0 Å². The molecule has 0 aromatic rings. The van der Waals surface area contributed by atoms with Gasteiger partial charge >= 0.3 is 6.18 Å². The van der Waals surface area contributed by atoms with Gasteiger partial charge in [0.1, 0.15) is 0 Å².